The summed E-state index contributed by atoms with van der Waals surface area (Å²) in [7, 11) is 0. The average molecular weight is 412 g/mol. The minimum atomic E-state index is -0.783. The van der Waals surface area contributed by atoms with Gasteiger partial charge in [-0.05, 0) is 27.8 Å². The summed E-state index contributed by atoms with van der Waals surface area (Å²) in [6, 6.07) is 24.8. The van der Waals surface area contributed by atoms with E-state index in [9.17, 15) is 9.90 Å². The number of nitrogens with zero attached hydrogens (tertiary/aromatic N) is 2. The maximum atomic E-state index is 12.6. The van der Waals surface area contributed by atoms with Crippen molar-refractivity contribution in [2.24, 2.45) is 0 Å². The van der Waals surface area contributed by atoms with Crippen LogP contribution in [-0.4, -0.2) is 23.8 Å². The standard InChI is InChI=1S/C25H21N3O3/c26-27-15-24(29)23(14-17-8-2-1-3-9-17)28-25(30)31-16-22-20-12-6-4-10-18(20)19-11-5-7-13-21(19)22/h1-13,15,22-23H,14,16H2,(H-,28,29,30)/p+1/b24-15-/t23-/m0/s1. The third kappa shape index (κ3) is 4.41. The first kappa shape index (κ1) is 20.2. The number of diazo groups is 1. The van der Waals surface area contributed by atoms with Gasteiger partial charge < -0.3 is 15.2 Å². The van der Waals surface area contributed by atoms with E-state index in [-0.39, 0.29) is 18.3 Å². The maximum Gasteiger partial charge on any atom is 0.407 e. The summed E-state index contributed by atoms with van der Waals surface area (Å²) >= 11 is 0. The number of carbonyl (C=O) groups is 1. The molecule has 2 N–H and O–H groups in total. The first-order valence-electron chi connectivity index (χ1n) is 10.1. The van der Waals surface area contributed by atoms with E-state index in [0.717, 1.165) is 34.0 Å². The summed E-state index contributed by atoms with van der Waals surface area (Å²) in [4.78, 5) is 15.4. The molecule has 0 unspecified atom stereocenters. The number of aliphatic hydroxyl groups is 1. The lowest BCUT2D eigenvalue weighted by Gasteiger charge is -2.18. The van der Waals surface area contributed by atoms with Crippen LogP contribution in [0.15, 0.2) is 90.8 Å². The van der Waals surface area contributed by atoms with E-state index >= 15 is 0 Å². The molecule has 6 nitrogen and oxygen atoms in total. The van der Waals surface area contributed by atoms with Crippen LogP contribution in [-0.2, 0) is 11.2 Å². The fourth-order valence-electron chi connectivity index (χ4n) is 4.01. The van der Waals surface area contributed by atoms with Gasteiger partial charge in [-0.3, -0.25) is 0 Å². The largest absolute Gasteiger partial charge is 0.504 e. The molecule has 0 aromatic heterocycles. The smallest absolute Gasteiger partial charge is 0.407 e. The highest BCUT2D eigenvalue weighted by molar-refractivity contribution is 5.79. The van der Waals surface area contributed by atoms with Gasteiger partial charge in [0.15, 0.2) is 4.98 Å². The molecule has 0 bridgehead atoms. The van der Waals surface area contributed by atoms with Gasteiger partial charge in [0.1, 0.15) is 12.6 Å². The molecule has 6 heteroatoms. The van der Waals surface area contributed by atoms with Crippen molar-refractivity contribution in [3.05, 3.63) is 112 Å². The van der Waals surface area contributed by atoms with E-state index in [0.29, 0.717) is 6.42 Å². The normalized spacial score (nSPS) is 13.6. The fraction of sp³-hybridized carbons (Fsp3) is 0.160. The molecule has 0 saturated carbocycles. The van der Waals surface area contributed by atoms with E-state index in [4.69, 9.17) is 10.1 Å². The molecular formula is C25H22N3O3+. The van der Waals surface area contributed by atoms with E-state index in [1.165, 1.54) is 0 Å². The molecule has 1 aliphatic rings. The number of aliphatic hydroxyl groups excluding tert-OH is 1. The van der Waals surface area contributed by atoms with Crippen LogP contribution in [0.2, 0.25) is 0 Å². The predicted octanol–water partition coefficient (Wildman–Crippen LogP) is 5.39. The Labute approximate surface area is 180 Å². The van der Waals surface area contributed by atoms with Crippen molar-refractivity contribution in [2.45, 2.75) is 18.4 Å². The molecule has 1 atom stereocenters. The van der Waals surface area contributed by atoms with Gasteiger partial charge in [0.05, 0.1) is 0 Å². The summed E-state index contributed by atoms with van der Waals surface area (Å²) in [5.74, 6) is -0.317. The zero-order valence-corrected chi connectivity index (χ0v) is 16.8. The fourth-order valence-corrected chi connectivity index (χ4v) is 4.01. The summed E-state index contributed by atoms with van der Waals surface area (Å²) in [5, 5.41) is 21.6. The number of rotatable bonds is 6. The molecule has 0 radical (unpaired) electrons. The lowest BCUT2D eigenvalue weighted by molar-refractivity contribution is 0.138. The minimum absolute atomic E-state index is 0.0534. The van der Waals surface area contributed by atoms with Crippen LogP contribution in [0.25, 0.3) is 16.1 Å². The molecule has 1 amide bonds. The molecule has 0 aliphatic heterocycles. The van der Waals surface area contributed by atoms with Gasteiger partial charge in [0, 0.05) is 12.3 Å². The van der Waals surface area contributed by atoms with E-state index in [2.05, 4.69) is 34.6 Å². The van der Waals surface area contributed by atoms with Crippen molar-refractivity contribution >= 4 is 6.09 Å². The van der Waals surface area contributed by atoms with Crippen LogP contribution in [0.3, 0.4) is 0 Å². The Kier molecular flexibility index (Phi) is 5.95. The van der Waals surface area contributed by atoms with Gasteiger partial charge in [-0.15, -0.1) is 0 Å². The number of carbonyl (C=O) groups excluding carboxylic acids is 1. The Morgan fingerprint density at radius 1 is 1.00 bits per heavy atom. The van der Waals surface area contributed by atoms with E-state index < -0.39 is 12.1 Å². The predicted molar refractivity (Wildman–Crippen MR) is 118 cm³/mol. The molecule has 3 aromatic carbocycles. The summed E-state index contributed by atoms with van der Waals surface area (Å²) in [6.45, 7) is 0.173. The van der Waals surface area contributed by atoms with Crippen molar-refractivity contribution in [3.8, 4) is 11.1 Å². The van der Waals surface area contributed by atoms with Crippen molar-refractivity contribution in [2.75, 3.05) is 6.61 Å². The molecule has 0 spiro atoms. The molecule has 1 aliphatic carbocycles. The van der Waals surface area contributed by atoms with Gasteiger partial charge in [-0.25, -0.2) is 4.79 Å². The molecule has 0 fully saturated rings. The molecule has 0 heterocycles. The monoisotopic (exact) mass is 412 g/mol. The second kappa shape index (κ2) is 9.14. The molecule has 0 saturated heterocycles. The van der Waals surface area contributed by atoms with Crippen LogP contribution in [0.1, 0.15) is 22.6 Å². The van der Waals surface area contributed by atoms with E-state index in [1.807, 2.05) is 54.6 Å². The number of hydrogen-bond donors (Lipinski definition) is 2. The van der Waals surface area contributed by atoms with Gasteiger partial charge in [0.25, 0.3) is 0 Å². The topological polar surface area (TPSA) is 86.7 Å². The Hall–Kier alpha value is -4.11. The zero-order valence-electron chi connectivity index (χ0n) is 16.8. The number of alkyl carbamates (subject to hydrolysis) is 1. The van der Waals surface area contributed by atoms with Crippen molar-refractivity contribution in [3.63, 3.8) is 0 Å². The van der Waals surface area contributed by atoms with Crippen LogP contribution >= 0.6 is 0 Å². The third-order valence-electron chi connectivity index (χ3n) is 5.47. The van der Waals surface area contributed by atoms with Gasteiger partial charge >= 0.3 is 12.3 Å². The second-order valence-electron chi connectivity index (χ2n) is 7.38. The maximum absolute atomic E-state index is 12.6. The van der Waals surface area contributed by atoms with Crippen LogP contribution in [0.4, 0.5) is 4.79 Å². The van der Waals surface area contributed by atoms with Crippen LogP contribution < -0.4 is 5.32 Å². The van der Waals surface area contributed by atoms with Gasteiger partial charge in [0.2, 0.25) is 11.2 Å². The van der Waals surface area contributed by atoms with Gasteiger partial charge in [-0.2, -0.15) is 0 Å². The highest BCUT2D eigenvalue weighted by atomic mass is 16.5. The van der Waals surface area contributed by atoms with Crippen molar-refractivity contribution in [1.29, 1.82) is 5.39 Å². The SMILES string of the molecule is N#[N+]/C=C(\O)[C@H](Cc1ccccc1)NC(=O)OCC1c2ccccc2-c2ccccc21. The average Bonchev–Trinajstić information content (AvgIpc) is 3.12. The third-order valence-corrected chi connectivity index (χ3v) is 5.47. The first-order valence-corrected chi connectivity index (χ1v) is 10.1. The quantitative estimate of drug-likeness (QED) is 0.420. The zero-order chi connectivity index (χ0) is 21.6. The Morgan fingerprint density at radius 2 is 1.58 bits per heavy atom. The molecule has 3 aromatic rings. The molecular weight excluding hydrogens is 390 g/mol. The number of hydrogen-bond acceptors (Lipinski definition) is 4. The lowest BCUT2D eigenvalue weighted by Crippen LogP contribution is -2.38. The summed E-state index contributed by atoms with van der Waals surface area (Å²) in [6.07, 6.45) is 0.570. The van der Waals surface area contributed by atoms with Crippen molar-refractivity contribution < 1.29 is 14.6 Å². The molecule has 154 valence electrons. The Morgan fingerprint density at radius 3 is 2.19 bits per heavy atom. The van der Waals surface area contributed by atoms with E-state index in [1.54, 1.807) is 0 Å². The van der Waals surface area contributed by atoms with Gasteiger partial charge in [-0.1, -0.05) is 78.9 Å². The summed E-state index contributed by atoms with van der Waals surface area (Å²) < 4.78 is 5.55. The Balaban J connectivity index is 1.46. The Bertz CT molecular complexity index is 1110. The molecule has 31 heavy (non-hydrogen) atoms. The number of ether oxygens (including phenoxy) is 1. The lowest BCUT2D eigenvalue weighted by atomic mass is 9.98. The van der Waals surface area contributed by atoms with Crippen molar-refractivity contribution in [1.82, 2.24) is 5.32 Å². The molecule has 4 rings (SSSR count). The minimum Gasteiger partial charge on any atom is -0.504 e. The number of fused-ring (bicyclic) bond motifs is 3. The first-order chi connectivity index (χ1) is 15.2. The highest BCUT2D eigenvalue weighted by Crippen LogP contribution is 2.44. The number of amides is 1. The number of benzene rings is 3. The second-order valence-corrected chi connectivity index (χ2v) is 7.38. The highest BCUT2D eigenvalue weighted by Gasteiger charge is 2.29. The van der Waals surface area contributed by atoms with Crippen LogP contribution in [0.5, 0.6) is 0 Å². The number of nitrogens with one attached hydrogen (secondary N) is 1. The summed E-state index contributed by atoms with van der Waals surface area (Å²) in [5.41, 5.74) is 5.46. The van der Waals surface area contributed by atoms with Crippen LogP contribution in [0, 0.1) is 5.39 Å².